The van der Waals surface area contributed by atoms with E-state index in [0.717, 1.165) is 38.9 Å². The van der Waals surface area contributed by atoms with Gasteiger partial charge in [-0.05, 0) is 54.8 Å². The molecule has 1 atom stereocenters. The van der Waals surface area contributed by atoms with Crippen LogP contribution in [-0.2, 0) is 4.79 Å². The average molecular weight is 385 g/mol. The van der Waals surface area contributed by atoms with Gasteiger partial charge in [-0.2, -0.15) is 0 Å². The number of aryl methyl sites for hydroxylation is 2. The predicted molar refractivity (Wildman–Crippen MR) is 116 cm³/mol. The summed E-state index contributed by atoms with van der Waals surface area (Å²) in [6.45, 7) is 4.81. The van der Waals surface area contributed by atoms with Gasteiger partial charge < -0.3 is 14.1 Å². The molecule has 1 saturated heterocycles. The molecule has 1 aliphatic rings. The average Bonchev–Trinajstić information content (AvgIpc) is 3.27. The maximum absolute atomic E-state index is 12.9. The maximum Gasteiger partial charge on any atom is 0.227 e. The number of furan rings is 1. The van der Waals surface area contributed by atoms with Crippen molar-refractivity contribution < 1.29 is 13.9 Å². The summed E-state index contributed by atoms with van der Waals surface area (Å²) >= 11 is 0. The Morgan fingerprint density at radius 1 is 1.03 bits per heavy atom. The van der Waals surface area contributed by atoms with E-state index in [-0.39, 0.29) is 11.8 Å². The van der Waals surface area contributed by atoms with Crippen LogP contribution in [0.15, 0.2) is 59.0 Å². The van der Waals surface area contributed by atoms with Gasteiger partial charge in [-0.15, -0.1) is 0 Å². The maximum atomic E-state index is 12.9. The highest BCUT2D eigenvalue weighted by Crippen LogP contribution is 2.42. The van der Waals surface area contributed by atoms with Crippen molar-refractivity contribution in [1.29, 1.82) is 0 Å². The van der Waals surface area contributed by atoms with Gasteiger partial charge in [0.2, 0.25) is 5.91 Å². The number of hydrogen-bond acceptors (Lipinski definition) is 3. The van der Waals surface area contributed by atoms with Gasteiger partial charge in [0.15, 0.2) is 11.3 Å². The highest BCUT2D eigenvalue weighted by Gasteiger charge is 2.33. The summed E-state index contributed by atoms with van der Waals surface area (Å²) in [5.74, 6) is 0.991. The fourth-order valence-electron chi connectivity index (χ4n) is 4.60. The first kappa shape index (κ1) is 17.8. The third-order valence-electron chi connectivity index (χ3n) is 5.83. The summed E-state index contributed by atoms with van der Waals surface area (Å²) in [5, 5.41) is 2.12. The molecule has 1 aliphatic heterocycles. The molecule has 2 heterocycles. The van der Waals surface area contributed by atoms with Gasteiger partial charge in [0.05, 0.1) is 7.11 Å². The zero-order valence-corrected chi connectivity index (χ0v) is 16.9. The molecule has 1 amide bonds. The van der Waals surface area contributed by atoms with Crippen LogP contribution in [0.2, 0.25) is 0 Å². The molecular formula is C25H23NO3. The Kier molecular flexibility index (Phi) is 4.09. The number of carbonyl (C=O) groups excluding carboxylic acids is 1. The summed E-state index contributed by atoms with van der Waals surface area (Å²) in [6, 6.07) is 18.4. The smallest absolute Gasteiger partial charge is 0.227 e. The molecule has 5 rings (SSSR count). The molecule has 3 aromatic carbocycles. The quantitative estimate of drug-likeness (QED) is 0.452. The lowest BCUT2D eigenvalue weighted by molar-refractivity contribution is -0.117. The van der Waals surface area contributed by atoms with Crippen molar-refractivity contribution in [2.45, 2.75) is 26.2 Å². The summed E-state index contributed by atoms with van der Waals surface area (Å²) in [7, 11) is 1.66. The highest BCUT2D eigenvalue weighted by atomic mass is 16.5. The first-order valence-electron chi connectivity index (χ1n) is 9.92. The van der Waals surface area contributed by atoms with Crippen LogP contribution in [0.5, 0.6) is 5.75 Å². The van der Waals surface area contributed by atoms with Gasteiger partial charge in [-0.3, -0.25) is 4.79 Å². The van der Waals surface area contributed by atoms with Gasteiger partial charge in [0, 0.05) is 35.3 Å². The van der Waals surface area contributed by atoms with Crippen molar-refractivity contribution in [3.63, 3.8) is 0 Å². The number of hydrogen-bond donors (Lipinski definition) is 0. The number of ether oxygens (including phenoxy) is 1. The summed E-state index contributed by atoms with van der Waals surface area (Å²) in [4.78, 5) is 14.8. The van der Waals surface area contributed by atoms with E-state index in [4.69, 9.17) is 9.15 Å². The van der Waals surface area contributed by atoms with Crippen LogP contribution in [0, 0.1) is 13.8 Å². The summed E-state index contributed by atoms with van der Waals surface area (Å²) < 4.78 is 11.7. The van der Waals surface area contributed by atoms with E-state index in [2.05, 4.69) is 44.2 Å². The van der Waals surface area contributed by atoms with Crippen LogP contribution < -0.4 is 9.64 Å². The van der Waals surface area contributed by atoms with Crippen LogP contribution in [-0.4, -0.2) is 19.6 Å². The van der Waals surface area contributed by atoms with Crippen molar-refractivity contribution >= 4 is 33.5 Å². The third-order valence-corrected chi connectivity index (χ3v) is 5.83. The molecule has 0 radical (unpaired) electrons. The standard InChI is InChI=1S/C25H23NO3/c1-15-10-16(2)12-18(11-15)26-14-17(13-23(26)27)19-8-9-22(28-3)25-24(19)20-6-4-5-7-21(20)29-25/h4-12,17H,13-14H2,1-3H3. The van der Waals surface area contributed by atoms with E-state index in [1.54, 1.807) is 7.11 Å². The van der Waals surface area contributed by atoms with Crippen molar-refractivity contribution in [1.82, 2.24) is 0 Å². The van der Waals surface area contributed by atoms with E-state index in [9.17, 15) is 4.79 Å². The Morgan fingerprint density at radius 2 is 1.79 bits per heavy atom. The van der Waals surface area contributed by atoms with Crippen molar-refractivity contribution in [3.05, 3.63) is 71.3 Å². The van der Waals surface area contributed by atoms with Crippen molar-refractivity contribution in [3.8, 4) is 5.75 Å². The second-order valence-corrected chi connectivity index (χ2v) is 7.91. The predicted octanol–water partition coefficient (Wildman–Crippen LogP) is 5.73. The fraction of sp³-hybridized carbons (Fsp3) is 0.240. The molecule has 0 spiro atoms. The minimum atomic E-state index is 0.109. The molecule has 0 bridgehead atoms. The van der Waals surface area contributed by atoms with Gasteiger partial charge in [0.1, 0.15) is 5.58 Å². The number of rotatable bonds is 3. The Balaban J connectivity index is 1.62. The number of nitrogens with zero attached hydrogens (tertiary/aromatic N) is 1. The summed E-state index contributed by atoms with van der Waals surface area (Å²) in [5.41, 5.74) is 6.06. The first-order chi connectivity index (χ1) is 14.0. The van der Waals surface area contributed by atoms with Crippen LogP contribution >= 0.6 is 0 Å². The molecule has 146 valence electrons. The van der Waals surface area contributed by atoms with Crippen molar-refractivity contribution in [2.24, 2.45) is 0 Å². The van der Waals surface area contributed by atoms with Crippen LogP contribution in [0.25, 0.3) is 21.9 Å². The molecular weight excluding hydrogens is 362 g/mol. The number of fused-ring (bicyclic) bond motifs is 3. The SMILES string of the molecule is COc1ccc(C2CC(=O)N(c3cc(C)cc(C)c3)C2)c2c1oc1ccccc12. The zero-order valence-electron chi connectivity index (χ0n) is 16.9. The van der Waals surface area contributed by atoms with E-state index in [1.165, 1.54) is 11.1 Å². The topological polar surface area (TPSA) is 42.7 Å². The Labute approximate surface area is 169 Å². The largest absolute Gasteiger partial charge is 0.493 e. The van der Waals surface area contributed by atoms with E-state index in [1.807, 2.05) is 29.2 Å². The Bertz CT molecular complexity index is 1230. The number of benzene rings is 3. The molecule has 29 heavy (non-hydrogen) atoms. The van der Waals surface area contributed by atoms with Crippen LogP contribution in [0.1, 0.15) is 29.0 Å². The molecule has 1 unspecified atom stereocenters. The molecule has 4 aromatic rings. The monoisotopic (exact) mass is 385 g/mol. The van der Waals surface area contributed by atoms with E-state index in [0.29, 0.717) is 13.0 Å². The Hall–Kier alpha value is -3.27. The molecule has 0 N–H and O–H groups in total. The lowest BCUT2D eigenvalue weighted by Gasteiger charge is -2.19. The lowest BCUT2D eigenvalue weighted by Crippen LogP contribution is -2.24. The zero-order chi connectivity index (χ0) is 20.1. The number of amides is 1. The fourth-order valence-corrected chi connectivity index (χ4v) is 4.60. The lowest BCUT2D eigenvalue weighted by atomic mass is 9.93. The highest BCUT2D eigenvalue weighted by molar-refractivity contribution is 6.09. The molecule has 4 nitrogen and oxygen atoms in total. The van der Waals surface area contributed by atoms with Crippen LogP contribution in [0.4, 0.5) is 5.69 Å². The van der Waals surface area contributed by atoms with E-state index < -0.39 is 0 Å². The van der Waals surface area contributed by atoms with Crippen LogP contribution in [0.3, 0.4) is 0 Å². The molecule has 1 aromatic heterocycles. The van der Waals surface area contributed by atoms with E-state index >= 15 is 0 Å². The molecule has 4 heteroatoms. The molecule has 1 fully saturated rings. The normalized spacial score (nSPS) is 16.9. The minimum Gasteiger partial charge on any atom is -0.493 e. The molecule has 0 aliphatic carbocycles. The van der Waals surface area contributed by atoms with Crippen molar-refractivity contribution in [2.75, 3.05) is 18.6 Å². The second-order valence-electron chi connectivity index (χ2n) is 7.91. The van der Waals surface area contributed by atoms with Gasteiger partial charge in [-0.1, -0.05) is 30.3 Å². The number of para-hydroxylation sites is 1. The first-order valence-corrected chi connectivity index (χ1v) is 9.92. The number of anilines is 1. The second kappa shape index (κ2) is 6.66. The minimum absolute atomic E-state index is 0.109. The third kappa shape index (κ3) is 2.87. The van der Waals surface area contributed by atoms with Gasteiger partial charge in [0.25, 0.3) is 0 Å². The van der Waals surface area contributed by atoms with Gasteiger partial charge in [-0.25, -0.2) is 0 Å². The van der Waals surface area contributed by atoms with Gasteiger partial charge >= 0.3 is 0 Å². The Morgan fingerprint density at radius 3 is 2.55 bits per heavy atom. The number of methoxy groups -OCH3 is 1. The molecule has 0 saturated carbocycles. The number of carbonyl (C=O) groups is 1. The summed E-state index contributed by atoms with van der Waals surface area (Å²) in [6.07, 6.45) is 0.494.